The number of benzene rings is 2. The molecule has 2 heteroatoms. The van der Waals surface area contributed by atoms with Crippen LogP contribution < -0.4 is 0 Å². The van der Waals surface area contributed by atoms with E-state index in [1.165, 1.54) is 10.9 Å². The summed E-state index contributed by atoms with van der Waals surface area (Å²) >= 11 is 0. The first-order chi connectivity index (χ1) is 11.2. The smallest absolute Gasteiger partial charge is 0.159 e. The van der Waals surface area contributed by atoms with E-state index in [0.29, 0.717) is 0 Å². The number of allylic oxidation sites excluding steroid dienone is 1. The number of H-pyrrole nitrogens is 1. The summed E-state index contributed by atoms with van der Waals surface area (Å²) in [4.78, 5) is 16.2. The summed E-state index contributed by atoms with van der Waals surface area (Å²) in [6.45, 7) is 4.19. The second kappa shape index (κ2) is 5.24. The Bertz CT molecular complexity index is 917. The lowest BCUT2D eigenvalue weighted by molar-refractivity contribution is -0.118. The summed E-state index contributed by atoms with van der Waals surface area (Å²) in [6, 6.07) is 18.5. The third-order valence-electron chi connectivity index (χ3n) is 5.04. The highest BCUT2D eigenvalue weighted by Gasteiger charge is 2.30. The van der Waals surface area contributed by atoms with Gasteiger partial charge in [0.25, 0.3) is 0 Å². The first-order valence-corrected chi connectivity index (χ1v) is 8.08. The standard InChI is InChI=1S/C21H19NO/c1-13-14(2)20-16-10-6-7-11-18(16)22-21(20)17(12-19(13)23)15-8-4-3-5-9-15/h3-14,22H,1-2H3. The van der Waals surface area contributed by atoms with E-state index in [-0.39, 0.29) is 17.6 Å². The van der Waals surface area contributed by atoms with Crippen LogP contribution in [0.5, 0.6) is 0 Å². The summed E-state index contributed by atoms with van der Waals surface area (Å²) in [5.74, 6) is 0.366. The molecule has 0 saturated heterocycles. The maximum atomic E-state index is 12.6. The van der Waals surface area contributed by atoms with Crippen molar-refractivity contribution < 1.29 is 4.79 Å². The number of nitrogens with one attached hydrogen (secondary N) is 1. The van der Waals surface area contributed by atoms with E-state index in [1.807, 2.05) is 37.3 Å². The summed E-state index contributed by atoms with van der Waals surface area (Å²) in [5, 5.41) is 1.22. The summed E-state index contributed by atoms with van der Waals surface area (Å²) in [7, 11) is 0. The Labute approximate surface area is 135 Å². The van der Waals surface area contributed by atoms with Gasteiger partial charge in [-0.25, -0.2) is 0 Å². The van der Waals surface area contributed by atoms with Gasteiger partial charge in [-0.05, 0) is 29.2 Å². The van der Waals surface area contributed by atoms with E-state index < -0.39 is 0 Å². The van der Waals surface area contributed by atoms with Gasteiger partial charge in [-0.1, -0.05) is 62.4 Å². The fourth-order valence-corrected chi connectivity index (χ4v) is 3.54. The molecule has 4 rings (SSSR count). The molecule has 1 aliphatic carbocycles. The van der Waals surface area contributed by atoms with Crippen molar-refractivity contribution >= 4 is 22.3 Å². The Morgan fingerprint density at radius 2 is 1.57 bits per heavy atom. The van der Waals surface area contributed by atoms with Gasteiger partial charge in [0.1, 0.15) is 0 Å². The number of aromatic amines is 1. The lowest BCUT2D eigenvalue weighted by Gasteiger charge is -2.16. The van der Waals surface area contributed by atoms with Gasteiger partial charge in [0.2, 0.25) is 0 Å². The Morgan fingerprint density at radius 1 is 0.870 bits per heavy atom. The monoisotopic (exact) mass is 301 g/mol. The number of para-hydroxylation sites is 1. The topological polar surface area (TPSA) is 32.9 Å². The molecule has 2 aromatic carbocycles. The minimum Gasteiger partial charge on any atom is -0.354 e. The third-order valence-corrected chi connectivity index (χ3v) is 5.04. The van der Waals surface area contributed by atoms with E-state index in [1.54, 1.807) is 0 Å². The van der Waals surface area contributed by atoms with Crippen molar-refractivity contribution in [3.63, 3.8) is 0 Å². The average molecular weight is 301 g/mol. The minimum atomic E-state index is -0.0193. The van der Waals surface area contributed by atoms with Crippen LogP contribution in [0.2, 0.25) is 0 Å². The van der Waals surface area contributed by atoms with Gasteiger partial charge in [0.05, 0.1) is 5.69 Å². The Morgan fingerprint density at radius 3 is 2.35 bits per heavy atom. The molecule has 2 atom stereocenters. The molecule has 1 aliphatic rings. The minimum absolute atomic E-state index is 0.0193. The average Bonchev–Trinajstić information content (AvgIpc) is 2.94. The van der Waals surface area contributed by atoms with E-state index in [2.05, 4.69) is 42.2 Å². The molecule has 0 radical (unpaired) electrons. The molecular formula is C21H19NO. The van der Waals surface area contributed by atoms with Gasteiger partial charge in [-0.15, -0.1) is 0 Å². The van der Waals surface area contributed by atoms with E-state index in [4.69, 9.17) is 0 Å². The van der Waals surface area contributed by atoms with Crippen molar-refractivity contribution in [2.24, 2.45) is 5.92 Å². The van der Waals surface area contributed by atoms with E-state index in [9.17, 15) is 4.79 Å². The van der Waals surface area contributed by atoms with Crippen LogP contribution in [-0.2, 0) is 4.79 Å². The van der Waals surface area contributed by atoms with Gasteiger partial charge in [0, 0.05) is 22.4 Å². The molecule has 1 aromatic heterocycles. The van der Waals surface area contributed by atoms with Gasteiger partial charge in [0.15, 0.2) is 5.78 Å². The molecular weight excluding hydrogens is 282 g/mol. The van der Waals surface area contributed by atoms with Crippen molar-refractivity contribution in [2.75, 3.05) is 0 Å². The molecule has 0 amide bonds. The summed E-state index contributed by atoms with van der Waals surface area (Å²) in [6.07, 6.45) is 1.82. The van der Waals surface area contributed by atoms with Crippen LogP contribution >= 0.6 is 0 Å². The number of rotatable bonds is 1. The van der Waals surface area contributed by atoms with E-state index >= 15 is 0 Å². The Hall–Kier alpha value is -2.61. The number of hydrogen-bond acceptors (Lipinski definition) is 1. The predicted molar refractivity (Wildman–Crippen MR) is 94.4 cm³/mol. The molecule has 0 aliphatic heterocycles. The lowest BCUT2D eigenvalue weighted by Crippen LogP contribution is -2.14. The van der Waals surface area contributed by atoms with Crippen molar-refractivity contribution in [1.29, 1.82) is 0 Å². The second-order valence-corrected chi connectivity index (χ2v) is 6.36. The first kappa shape index (κ1) is 14.0. The molecule has 23 heavy (non-hydrogen) atoms. The van der Waals surface area contributed by atoms with Crippen molar-refractivity contribution in [3.8, 4) is 0 Å². The third kappa shape index (κ3) is 2.14. The molecule has 0 bridgehead atoms. The van der Waals surface area contributed by atoms with Crippen LogP contribution in [-0.4, -0.2) is 10.8 Å². The van der Waals surface area contributed by atoms with Crippen LogP contribution in [0.3, 0.4) is 0 Å². The van der Waals surface area contributed by atoms with Gasteiger partial charge in [-0.2, -0.15) is 0 Å². The fraction of sp³-hybridized carbons (Fsp3) is 0.190. The normalized spacial score (nSPS) is 21.0. The zero-order chi connectivity index (χ0) is 16.0. The van der Waals surface area contributed by atoms with Gasteiger partial charge >= 0.3 is 0 Å². The number of fused-ring (bicyclic) bond motifs is 3. The Balaban J connectivity index is 2.06. The number of carbonyl (C=O) groups excluding carboxylic acids is 1. The zero-order valence-corrected chi connectivity index (χ0v) is 13.3. The largest absolute Gasteiger partial charge is 0.354 e. The quantitative estimate of drug-likeness (QED) is 0.679. The molecule has 2 unspecified atom stereocenters. The highest BCUT2D eigenvalue weighted by Crippen LogP contribution is 2.41. The number of aromatic nitrogens is 1. The van der Waals surface area contributed by atoms with E-state index in [0.717, 1.165) is 22.3 Å². The highest BCUT2D eigenvalue weighted by molar-refractivity contribution is 6.06. The maximum Gasteiger partial charge on any atom is 0.159 e. The molecule has 0 spiro atoms. The van der Waals surface area contributed by atoms with Gasteiger partial charge < -0.3 is 4.98 Å². The molecule has 0 fully saturated rings. The molecule has 3 aromatic rings. The lowest BCUT2D eigenvalue weighted by atomic mass is 9.86. The second-order valence-electron chi connectivity index (χ2n) is 6.36. The van der Waals surface area contributed by atoms with Crippen molar-refractivity contribution in [1.82, 2.24) is 4.98 Å². The molecule has 0 saturated carbocycles. The summed E-state index contributed by atoms with van der Waals surface area (Å²) in [5.41, 5.74) is 5.55. The number of hydrogen-bond donors (Lipinski definition) is 1. The highest BCUT2D eigenvalue weighted by atomic mass is 16.1. The van der Waals surface area contributed by atoms with Crippen LogP contribution in [0.4, 0.5) is 0 Å². The number of carbonyl (C=O) groups is 1. The number of ketones is 1. The first-order valence-electron chi connectivity index (χ1n) is 8.08. The molecule has 114 valence electrons. The molecule has 1 heterocycles. The molecule has 2 nitrogen and oxygen atoms in total. The zero-order valence-electron chi connectivity index (χ0n) is 13.3. The van der Waals surface area contributed by atoms with Gasteiger partial charge in [-0.3, -0.25) is 4.79 Å². The SMILES string of the molecule is CC1C(=O)C=C(c2ccccc2)c2[nH]c3ccccc3c2C1C. The fourth-order valence-electron chi connectivity index (χ4n) is 3.54. The maximum absolute atomic E-state index is 12.6. The predicted octanol–water partition coefficient (Wildman–Crippen LogP) is 4.92. The van der Waals surface area contributed by atoms with Crippen LogP contribution in [0, 0.1) is 5.92 Å². The van der Waals surface area contributed by atoms with Crippen LogP contribution in [0.15, 0.2) is 60.7 Å². The Kier molecular flexibility index (Phi) is 3.19. The summed E-state index contributed by atoms with van der Waals surface area (Å²) < 4.78 is 0. The van der Waals surface area contributed by atoms with Crippen LogP contribution in [0.1, 0.15) is 36.6 Å². The molecule has 1 N–H and O–H groups in total. The van der Waals surface area contributed by atoms with Crippen LogP contribution in [0.25, 0.3) is 16.5 Å². The van der Waals surface area contributed by atoms with Crippen molar-refractivity contribution in [2.45, 2.75) is 19.8 Å². The van der Waals surface area contributed by atoms with Crippen molar-refractivity contribution in [3.05, 3.63) is 77.5 Å².